The third-order valence-electron chi connectivity index (χ3n) is 3.83. The number of ketones is 1. The monoisotopic (exact) mass is 298 g/mol. The summed E-state index contributed by atoms with van der Waals surface area (Å²) in [5, 5.41) is 0. The van der Waals surface area contributed by atoms with Crippen LogP contribution in [0.25, 0.3) is 0 Å². The smallest absolute Gasteiger partial charge is 0.140 e. The molecule has 3 nitrogen and oxygen atoms in total. The van der Waals surface area contributed by atoms with Gasteiger partial charge in [0.2, 0.25) is 0 Å². The molecule has 0 saturated carbocycles. The maximum Gasteiger partial charge on any atom is 0.140 e. The van der Waals surface area contributed by atoms with Gasteiger partial charge in [-0.3, -0.25) is 4.79 Å². The molecule has 3 heteroatoms. The van der Waals surface area contributed by atoms with Gasteiger partial charge in [-0.15, -0.1) is 0 Å². The molecule has 0 bridgehead atoms. The first-order chi connectivity index (χ1) is 10.7. The molecule has 2 aromatic rings. The van der Waals surface area contributed by atoms with E-state index in [1.807, 2.05) is 55.5 Å². The van der Waals surface area contributed by atoms with E-state index < -0.39 is 0 Å². The van der Waals surface area contributed by atoms with Crippen molar-refractivity contribution in [3.05, 3.63) is 59.7 Å². The Morgan fingerprint density at radius 2 is 1.68 bits per heavy atom. The van der Waals surface area contributed by atoms with E-state index in [0.29, 0.717) is 12.8 Å². The molecule has 0 radical (unpaired) electrons. The van der Waals surface area contributed by atoms with Crippen LogP contribution >= 0.6 is 0 Å². The van der Waals surface area contributed by atoms with Crippen molar-refractivity contribution in [2.45, 2.75) is 25.7 Å². The molecule has 0 saturated heterocycles. The SMILES string of the molecule is CCC(=O)[C@H](Cc1cccc(OC)c1)c1ccc(OC)cc1. The molecule has 0 heterocycles. The zero-order chi connectivity index (χ0) is 15.9. The average molecular weight is 298 g/mol. The summed E-state index contributed by atoms with van der Waals surface area (Å²) in [6, 6.07) is 15.6. The Balaban J connectivity index is 2.27. The zero-order valence-electron chi connectivity index (χ0n) is 13.3. The molecule has 22 heavy (non-hydrogen) atoms. The van der Waals surface area contributed by atoms with Crippen LogP contribution in [0.4, 0.5) is 0 Å². The number of hydrogen-bond donors (Lipinski definition) is 0. The highest BCUT2D eigenvalue weighted by Gasteiger charge is 2.19. The van der Waals surface area contributed by atoms with Crippen LogP contribution in [0.3, 0.4) is 0 Å². The van der Waals surface area contributed by atoms with E-state index in [1.165, 1.54) is 0 Å². The molecule has 0 spiro atoms. The highest BCUT2D eigenvalue weighted by molar-refractivity contribution is 5.85. The predicted molar refractivity (Wildman–Crippen MR) is 87.7 cm³/mol. The van der Waals surface area contributed by atoms with Crippen LogP contribution in [0.5, 0.6) is 11.5 Å². The topological polar surface area (TPSA) is 35.5 Å². The molecular formula is C19H22O3. The lowest BCUT2D eigenvalue weighted by Crippen LogP contribution is -2.14. The van der Waals surface area contributed by atoms with Crippen molar-refractivity contribution in [1.82, 2.24) is 0 Å². The van der Waals surface area contributed by atoms with Gasteiger partial charge in [0.1, 0.15) is 17.3 Å². The summed E-state index contributed by atoms with van der Waals surface area (Å²) in [6.07, 6.45) is 1.21. The second kappa shape index (κ2) is 7.64. The zero-order valence-corrected chi connectivity index (χ0v) is 13.3. The third kappa shape index (κ3) is 3.88. The maximum absolute atomic E-state index is 12.4. The van der Waals surface area contributed by atoms with Crippen molar-refractivity contribution in [1.29, 1.82) is 0 Å². The highest BCUT2D eigenvalue weighted by Crippen LogP contribution is 2.26. The Bertz CT molecular complexity index is 617. The van der Waals surface area contributed by atoms with Crippen molar-refractivity contribution >= 4 is 5.78 Å². The summed E-state index contributed by atoms with van der Waals surface area (Å²) in [5.74, 6) is 1.72. The van der Waals surface area contributed by atoms with Crippen molar-refractivity contribution < 1.29 is 14.3 Å². The summed E-state index contributed by atoms with van der Waals surface area (Å²) in [6.45, 7) is 1.91. The third-order valence-corrected chi connectivity index (χ3v) is 3.83. The van der Waals surface area contributed by atoms with E-state index in [1.54, 1.807) is 14.2 Å². The van der Waals surface area contributed by atoms with Gasteiger partial charge in [0.15, 0.2) is 0 Å². The van der Waals surface area contributed by atoms with Gasteiger partial charge in [0.05, 0.1) is 14.2 Å². The lowest BCUT2D eigenvalue weighted by atomic mass is 9.87. The predicted octanol–water partition coefficient (Wildman–Crippen LogP) is 4.01. The van der Waals surface area contributed by atoms with Crippen LogP contribution in [0, 0.1) is 0 Å². The Labute approximate surface area is 131 Å². The van der Waals surface area contributed by atoms with Crippen LogP contribution < -0.4 is 9.47 Å². The molecule has 0 N–H and O–H groups in total. The summed E-state index contributed by atoms with van der Waals surface area (Å²) in [7, 11) is 3.29. The van der Waals surface area contributed by atoms with Gasteiger partial charge in [-0.2, -0.15) is 0 Å². The molecule has 0 aromatic heterocycles. The van der Waals surface area contributed by atoms with Gasteiger partial charge in [-0.1, -0.05) is 31.2 Å². The van der Waals surface area contributed by atoms with Gasteiger partial charge in [0.25, 0.3) is 0 Å². The molecule has 116 valence electrons. The van der Waals surface area contributed by atoms with Crippen molar-refractivity contribution in [2.24, 2.45) is 0 Å². The molecule has 0 aliphatic heterocycles. The number of hydrogen-bond acceptors (Lipinski definition) is 3. The van der Waals surface area contributed by atoms with Crippen LogP contribution in [0.15, 0.2) is 48.5 Å². The van der Waals surface area contributed by atoms with Crippen LogP contribution in [-0.4, -0.2) is 20.0 Å². The molecule has 0 aliphatic carbocycles. The molecule has 0 aliphatic rings. The number of rotatable bonds is 7. The second-order valence-corrected chi connectivity index (χ2v) is 5.20. The lowest BCUT2D eigenvalue weighted by Gasteiger charge is -2.16. The molecule has 2 aromatic carbocycles. The molecule has 0 amide bonds. The van der Waals surface area contributed by atoms with Crippen molar-refractivity contribution in [3.8, 4) is 11.5 Å². The molecule has 0 fully saturated rings. The van der Waals surface area contributed by atoms with Crippen LogP contribution in [0.1, 0.15) is 30.4 Å². The summed E-state index contributed by atoms with van der Waals surface area (Å²) >= 11 is 0. The fraction of sp³-hybridized carbons (Fsp3) is 0.316. The summed E-state index contributed by atoms with van der Waals surface area (Å²) < 4.78 is 10.4. The Morgan fingerprint density at radius 1 is 1.00 bits per heavy atom. The number of benzene rings is 2. The van der Waals surface area contributed by atoms with E-state index >= 15 is 0 Å². The molecular weight excluding hydrogens is 276 g/mol. The summed E-state index contributed by atoms with van der Waals surface area (Å²) in [5.41, 5.74) is 2.12. The number of carbonyl (C=O) groups excluding carboxylic acids is 1. The molecule has 2 rings (SSSR count). The average Bonchev–Trinajstić information content (AvgIpc) is 2.59. The van der Waals surface area contributed by atoms with Crippen LogP contribution in [0.2, 0.25) is 0 Å². The first-order valence-electron chi connectivity index (χ1n) is 7.47. The van der Waals surface area contributed by atoms with E-state index in [0.717, 1.165) is 22.6 Å². The van der Waals surface area contributed by atoms with E-state index in [4.69, 9.17) is 9.47 Å². The first kappa shape index (κ1) is 16.1. The maximum atomic E-state index is 12.4. The van der Waals surface area contributed by atoms with E-state index in [9.17, 15) is 4.79 Å². The lowest BCUT2D eigenvalue weighted by molar-refractivity contribution is -0.120. The minimum atomic E-state index is -0.136. The van der Waals surface area contributed by atoms with Crippen molar-refractivity contribution in [3.63, 3.8) is 0 Å². The van der Waals surface area contributed by atoms with Crippen LogP contribution in [-0.2, 0) is 11.2 Å². The van der Waals surface area contributed by atoms with Gasteiger partial charge in [0, 0.05) is 12.3 Å². The first-order valence-corrected chi connectivity index (χ1v) is 7.47. The Kier molecular flexibility index (Phi) is 5.59. The number of ether oxygens (including phenoxy) is 2. The Morgan fingerprint density at radius 3 is 2.27 bits per heavy atom. The highest BCUT2D eigenvalue weighted by atomic mass is 16.5. The number of methoxy groups -OCH3 is 2. The minimum Gasteiger partial charge on any atom is -0.497 e. The largest absolute Gasteiger partial charge is 0.497 e. The van der Waals surface area contributed by atoms with Gasteiger partial charge in [-0.05, 0) is 41.8 Å². The fourth-order valence-electron chi connectivity index (χ4n) is 2.54. The minimum absolute atomic E-state index is 0.136. The van der Waals surface area contributed by atoms with Gasteiger partial charge >= 0.3 is 0 Å². The van der Waals surface area contributed by atoms with Gasteiger partial charge in [-0.25, -0.2) is 0 Å². The standard InChI is InChI=1S/C19H22O3/c1-4-19(20)18(15-8-10-16(21-2)11-9-15)13-14-6-5-7-17(12-14)22-3/h5-12,18H,4,13H2,1-3H3/t18-/m1/s1. The Hall–Kier alpha value is -2.29. The fourth-order valence-corrected chi connectivity index (χ4v) is 2.54. The number of carbonyl (C=O) groups is 1. The second-order valence-electron chi connectivity index (χ2n) is 5.20. The molecule has 0 unspecified atom stereocenters. The summed E-state index contributed by atoms with van der Waals surface area (Å²) in [4.78, 5) is 12.4. The van der Waals surface area contributed by atoms with Gasteiger partial charge < -0.3 is 9.47 Å². The van der Waals surface area contributed by atoms with Crippen molar-refractivity contribution in [2.75, 3.05) is 14.2 Å². The normalized spacial score (nSPS) is 11.8. The number of Topliss-reactive ketones (excluding diaryl/α,β-unsaturated/α-hetero) is 1. The van der Waals surface area contributed by atoms with E-state index in [2.05, 4.69) is 0 Å². The molecule has 1 atom stereocenters. The quantitative estimate of drug-likeness (QED) is 0.775. The van der Waals surface area contributed by atoms with E-state index in [-0.39, 0.29) is 11.7 Å².